The zero-order chi connectivity index (χ0) is 13.5. The maximum absolute atomic E-state index is 10.9. The van der Waals surface area contributed by atoms with E-state index in [0.717, 1.165) is 12.1 Å². The number of benzene rings is 1. The summed E-state index contributed by atoms with van der Waals surface area (Å²) in [5, 5.41) is 27.8. The number of nitro benzene ring substituents is 1. The molecule has 0 aromatic heterocycles. The standard InChI is InChI=1S/C11H10N2O5/c12-5-1-2-6-18-8-3-4-10(13(16)17)9(7-8)11(14)15/h3-4,7H,1-2,6H2,(H,14,15). The number of hydrogen-bond acceptors (Lipinski definition) is 5. The maximum atomic E-state index is 10.9. The predicted octanol–water partition coefficient (Wildman–Crippen LogP) is 1.98. The SMILES string of the molecule is N#CCCCOc1ccc([N+](=O)[O-])c(C(=O)O)c1. The number of ether oxygens (including phenoxy) is 1. The first kappa shape index (κ1) is 13.4. The molecule has 0 aliphatic carbocycles. The normalized spacial score (nSPS) is 9.50. The largest absolute Gasteiger partial charge is 0.494 e. The van der Waals surface area contributed by atoms with Crippen LogP contribution in [0.5, 0.6) is 5.75 Å². The van der Waals surface area contributed by atoms with E-state index in [1.54, 1.807) is 0 Å². The van der Waals surface area contributed by atoms with Crippen LogP contribution < -0.4 is 4.74 Å². The van der Waals surface area contributed by atoms with Gasteiger partial charge in [-0.25, -0.2) is 4.79 Å². The molecular formula is C11H10N2O5. The molecule has 0 fully saturated rings. The molecular weight excluding hydrogens is 240 g/mol. The Bertz CT molecular complexity index is 507. The second-order valence-corrected chi connectivity index (χ2v) is 3.35. The van der Waals surface area contributed by atoms with Crippen LogP contribution >= 0.6 is 0 Å². The summed E-state index contributed by atoms with van der Waals surface area (Å²) in [6, 6.07) is 5.46. The van der Waals surface area contributed by atoms with Crippen LogP contribution in [0.3, 0.4) is 0 Å². The van der Waals surface area contributed by atoms with E-state index in [-0.39, 0.29) is 12.4 Å². The minimum atomic E-state index is -1.39. The summed E-state index contributed by atoms with van der Waals surface area (Å²) in [6.07, 6.45) is 0.842. The van der Waals surface area contributed by atoms with E-state index >= 15 is 0 Å². The second kappa shape index (κ2) is 6.20. The van der Waals surface area contributed by atoms with E-state index in [9.17, 15) is 14.9 Å². The second-order valence-electron chi connectivity index (χ2n) is 3.35. The lowest BCUT2D eigenvalue weighted by molar-refractivity contribution is -0.385. The van der Waals surface area contributed by atoms with Gasteiger partial charge in [-0.2, -0.15) is 5.26 Å². The molecule has 1 N–H and O–H groups in total. The Labute approximate surface area is 102 Å². The van der Waals surface area contributed by atoms with Gasteiger partial charge >= 0.3 is 5.97 Å². The Morgan fingerprint density at radius 1 is 1.56 bits per heavy atom. The summed E-state index contributed by atoms with van der Waals surface area (Å²) in [7, 11) is 0. The van der Waals surface area contributed by atoms with Crippen LogP contribution in [0.15, 0.2) is 18.2 Å². The highest BCUT2D eigenvalue weighted by Gasteiger charge is 2.20. The molecule has 7 heteroatoms. The van der Waals surface area contributed by atoms with Gasteiger partial charge in [0.2, 0.25) is 0 Å². The molecule has 0 saturated carbocycles. The Balaban J connectivity index is 2.84. The lowest BCUT2D eigenvalue weighted by Crippen LogP contribution is -2.04. The van der Waals surface area contributed by atoms with E-state index < -0.39 is 22.1 Å². The minimum absolute atomic E-state index is 0.232. The fraction of sp³-hybridized carbons (Fsp3) is 0.273. The number of rotatable bonds is 6. The summed E-state index contributed by atoms with van der Waals surface area (Å²) >= 11 is 0. The third-order valence-corrected chi connectivity index (χ3v) is 2.10. The molecule has 1 aromatic carbocycles. The van der Waals surface area contributed by atoms with Crippen LogP contribution in [-0.4, -0.2) is 22.6 Å². The molecule has 1 rings (SSSR count). The van der Waals surface area contributed by atoms with Gasteiger partial charge in [-0.1, -0.05) is 0 Å². The zero-order valence-electron chi connectivity index (χ0n) is 9.33. The van der Waals surface area contributed by atoms with Gasteiger partial charge in [-0.15, -0.1) is 0 Å². The summed E-state index contributed by atoms with van der Waals surface area (Å²) in [4.78, 5) is 20.7. The molecule has 18 heavy (non-hydrogen) atoms. The highest BCUT2D eigenvalue weighted by atomic mass is 16.6. The van der Waals surface area contributed by atoms with Gasteiger partial charge < -0.3 is 9.84 Å². The minimum Gasteiger partial charge on any atom is -0.494 e. The molecule has 0 aliphatic heterocycles. The molecule has 0 aliphatic rings. The first-order chi connectivity index (χ1) is 8.56. The van der Waals surface area contributed by atoms with Crippen LogP contribution in [0.2, 0.25) is 0 Å². The van der Waals surface area contributed by atoms with Gasteiger partial charge in [0.25, 0.3) is 5.69 Å². The van der Waals surface area contributed by atoms with Gasteiger partial charge in [0.15, 0.2) is 0 Å². The number of carboxylic acids is 1. The average molecular weight is 250 g/mol. The highest BCUT2D eigenvalue weighted by Crippen LogP contribution is 2.24. The van der Waals surface area contributed by atoms with Crippen molar-refractivity contribution in [1.82, 2.24) is 0 Å². The number of carboxylic acid groups (broad SMARTS) is 1. The number of hydrogen-bond donors (Lipinski definition) is 1. The van der Waals surface area contributed by atoms with E-state index in [1.807, 2.05) is 6.07 Å². The monoisotopic (exact) mass is 250 g/mol. The van der Waals surface area contributed by atoms with Crippen molar-refractivity contribution in [1.29, 1.82) is 5.26 Å². The van der Waals surface area contributed by atoms with Crippen molar-refractivity contribution in [3.05, 3.63) is 33.9 Å². The summed E-state index contributed by atoms with van der Waals surface area (Å²) in [5.41, 5.74) is -0.898. The molecule has 0 atom stereocenters. The van der Waals surface area contributed by atoms with E-state index in [4.69, 9.17) is 15.1 Å². The Morgan fingerprint density at radius 3 is 2.83 bits per heavy atom. The lowest BCUT2D eigenvalue weighted by atomic mass is 10.1. The fourth-order valence-corrected chi connectivity index (χ4v) is 1.28. The van der Waals surface area contributed by atoms with Gasteiger partial charge in [0, 0.05) is 18.6 Å². The fourth-order valence-electron chi connectivity index (χ4n) is 1.28. The predicted molar refractivity (Wildman–Crippen MR) is 60.4 cm³/mol. The van der Waals surface area contributed by atoms with Crippen LogP contribution in [0.1, 0.15) is 23.2 Å². The van der Waals surface area contributed by atoms with Gasteiger partial charge in [-0.3, -0.25) is 10.1 Å². The van der Waals surface area contributed by atoms with Crippen LogP contribution in [0.4, 0.5) is 5.69 Å². The van der Waals surface area contributed by atoms with Gasteiger partial charge in [0.1, 0.15) is 11.3 Å². The third kappa shape index (κ3) is 3.45. The number of carbonyl (C=O) groups is 1. The van der Waals surface area contributed by atoms with Crippen molar-refractivity contribution in [2.45, 2.75) is 12.8 Å². The van der Waals surface area contributed by atoms with Crippen molar-refractivity contribution in [3.63, 3.8) is 0 Å². The van der Waals surface area contributed by atoms with Crippen molar-refractivity contribution >= 4 is 11.7 Å². The first-order valence-electron chi connectivity index (χ1n) is 5.07. The lowest BCUT2D eigenvalue weighted by Gasteiger charge is -2.05. The van der Waals surface area contributed by atoms with Crippen molar-refractivity contribution < 1.29 is 19.6 Å². The number of nitro groups is 1. The molecule has 94 valence electrons. The van der Waals surface area contributed by atoms with Gasteiger partial charge in [0.05, 0.1) is 17.6 Å². The molecule has 0 radical (unpaired) electrons. The Hall–Kier alpha value is -2.62. The van der Waals surface area contributed by atoms with Crippen molar-refractivity contribution in [2.75, 3.05) is 6.61 Å². The number of nitrogens with zero attached hydrogens (tertiary/aromatic N) is 2. The summed E-state index contributed by atoms with van der Waals surface area (Å²) in [5.74, 6) is -1.15. The van der Waals surface area contributed by atoms with Gasteiger partial charge in [-0.05, 0) is 12.5 Å². The smallest absolute Gasteiger partial charge is 0.342 e. The molecule has 0 spiro atoms. The Kier molecular flexibility index (Phi) is 4.63. The van der Waals surface area contributed by atoms with Crippen molar-refractivity contribution in [3.8, 4) is 11.8 Å². The molecule has 0 bridgehead atoms. The van der Waals surface area contributed by atoms with E-state index in [0.29, 0.717) is 12.8 Å². The molecule has 1 aromatic rings. The molecule has 0 saturated heterocycles. The molecule has 7 nitrogen and oxygen atoms in total. The molecule has 0 amide bonds. The van der Waals surface area contributed by atoms with Crippen LogP contribution in [0.25, 0.3) is 0 Å². The number of aromatic carboxylic acids is 1. The van der Waals surface area contributed by atoms with Crippen LogP contribution in [-0.2, 0) is 0 Å². The van der Waals surface area contributed by atoms with E-state index in [2.05, 4.69) is 0 Å². The quantitative estimate of drug-likeness (QED) is 0.469. The Morgan fingerprint density at radius 2 is 2.28 bits per heavy atom. The van der Waals surface area contributed by atoms with Crippen LogP contribution in [0, 0.1) is 21.4 Å². The first-order valence-corrected chi connectivity index (χ1v) is 5.07. The molecule has 0 heterocycles. The third-order valence-electron chi connectivity index (χ3n) is 2.10. The summed E-state index contributed by atoms with van der Waals surface area (Å²) in [6.45, 7) is 0.254. The molecule has 0 unspecified atom stereocenters. The zero-order valence-corrected chi connectivity index (χ0v) is 9.33. The van der Waals surface area contributed by atoms with E-state index in [1.165, 1.54) is 6.07 Å². The average Bonchev–Trinajstić information content (AvgIpc) is 2.34. The highest BCUT2D eigenvalue weighted by molar-refractivity contribution is 5.92. The number of unbranched alkanes of at least 4 members (excludes halogenated alkanes) is 1. The van der Waals surface area contributed by atoms with Crippen molar-refractivity contribution in [2.24, 2.45) is 0 Å². The summed E-state index contributed by atoms with van der Waals surface area (Å²) < 4.78 is 5.20. The number of nitriles is 1. The topological polar surface area (TPSA) is 113 Å². The maximum Gasteiger partial charge on any atom is 0.342 e.